The molecule has 2 heterocycles. The summed E-state index contributed by atoms with van der Waals surface area (Å²) in [6.07, 6.45) is 0. The van der Waals surface area contributed by atoms with Crippen molar-refractivity contribution in [1.82, 2.24) is 10.6 Å². The fraction of sp³-hybridized carbons (Fsp3) is 0.200. The number of carbonyl (C=O) groups is 3. The summed E-state index contributed by atoms with van der Waals surface area (Å²) < 4.78 is 0. The van der Waals surface area contributed by atoms with Gasteiger partial charge in [0.25, 0.3) is 0 Å². The average molecular weight is 361 g/mol. The molecule has 0 aromatic heterocycles. The van der Waals surface area contributed by atoms with E-state index in [4.69, 9.17) is 5.26 Å². The molecule has 7 nitrogen and oxygen atoms in total. The van der Waals surface area contributed by atoms with Crippen LogP contribution >= 0.6 is 0 Å². The highest BCUT2D eigenvalue weighted by molar-refractivity contribution is 6.09. The minimum atomic E-state index is -1.72. The lowest BCUT2D eigenvalue weighted by Gasteiger charge is -2.30. The zero-order valence-corrected chi connectivity index (χ0v) is 14.0. The summed E-state index contributed by atoms with van der Waals surface area (Å²) in [5.74, 6) is -4.25. The third-order valence-electron chi connectivity index (χ3n) is 5.36. The number of benzene rings is 2. The highest BCUT2D eigenvalue weighted by atomic mass is 16.4. The quantitative estimate of drug-likeness (QED) is 0.704. The van der Waals surface area contributed by atoms with Gasteiger partial charge in [-0.25, -0.2) is 4.79 Å². The Morgan fingerprint density at radius 2 is 1.70 bits per heavy atom. The predicted octanol–water partition coefficient (Wildman–Crippen LogP) is 1.07. The van der Waals surface area contributed by atoms with Crippen LogP contribution in [-0.2, 0) is 19.9 Å². The maximum absolute atomic E-state index is 12.6. The molecule has 2 aliphatic rings. The second-order valence-electron chi connectivity index (χ2n) is 6.69. The maximum atomic E-state index is 12.6. The fourth-order valence-corrected chi connectivity index (χ4v) is 4.17. The van der Waals surface area contributed by atoms with Gasteiger partial charge in [-0.1, -0.05) is 42.5 Å². The van der Waals surface area contributed by atoms with Crippen molar-refractivity contribution < 1.29 is 19.5 Å². The van der Waals surface area contributed by atoms with Crippen LogP contribution in [0.2, 0.25) is 0 Å². The third kappa shape index (κ3) is 2.34. The minimum absolute atomic E-state index is 0.411. The number of carbonyl (C=O) groups excluding carboxylic acids is 2. The van der Waals surface area contributed by atoms with Crippen molar-refractivity contribution in [1.29, 1.82) is 5.26 Å². The molecule has 0 spiro atoms. The molecule has 4 atom stereocenters. The molecule has 2 amide bonds. The van der Waals surface area contributed by atoms with E-state index in [1.807, 2.05) is 6.07 Å². The van der Waals surface area contributed by atoms with Gasteiger partial charge in [0.1, 0.15) is 0 Å². The van der Waals surface area contributed by atoms with Crippen molar-refractivity contribution in [2.45, 2.75) is 11.6 Å². The second-order valence-corrected chi connectivity index (χ2v) is 6.69. The number of imide groups is 1. The van der Waals surface area contributed by atoms with Gasteiger partial charge in [-0.15, -0.1) is 0 Å². The zero-order valence-electron chi connectivity index (χ0n) is 14.0. The highest BCUT2D eigenvalue weighted by Gasteiger charge is 2.67. The largest absolute Gasteiger partial charge is 0.480 e. The van der Waals surface area contributed by atoms with Gasteiger partial charge >= 0.3 is 5.97 Å². The van der Waals surface area contributed by atoms with E-state index in [1.165, 1.54) is 0 Å². The Bertz CT molecular complexity index is 981. The molecule has 4 rings (SSSR count). The summed E-state index contributed by atoms with van der Waals surface area (Å²) in [5.41, 5.74) is -0.213. The van der Waals surface area contributed by atoms with E-state index in [0.717, 1.165) is 0 Å². The first-order valence-corrected chi connectivity index (χ1v) is 8.40. The normalized spacial score (nSPS) is 29.1. The molecule has 0 aliphatic carbocycles. The van der Waals surface area contributed by atoms with E-state index in [9.17, 15) is 19.5 Å². The van der Waals surface area contributed by atoms with Crippen molar-refractivity contribution in [3.8, 4) is 6.07 Å². The maximum Gasteiger partial charge on any atom is 0.329 e. The van der Waals surface area contributed by atoms with Crippen LogP contribution in [0.3, 0.4) is 0 Å². The number of carboxylic acid groups (broad SMARTS) is 1. The molecule has 3 N–H and O–H groups in total. The second kappa shape index (κ2) is 6.04. The van der Waals surface area contributed by atoms with Gasteiger partial charge in [-0.2, -0.15) is 5.26 Å². The van der Waals surface area contributed by atoms with Crippen LogP contribution in [0.1, 0.15) is 22.7 Å². The van der Waals surface area contributed by atoms with Crippen molar-refractivity contribution in [2.75, 3.05) is 0 Å². The smallest absolute Gasteiger partial charge is 0.329 e. The first-order valence-electron chi connectivity index (χ1n) is 8.40. The first kappa shape index (κ1) is 16.9. The number of amides is 2. The fourth-order valence-electron chi connectivity index (χ4n) is 4.17. The Labute approximate surface area is 154 Å². The number of rotatable bonds is 3. The van der Waals surface area contributed by atoms with E-state index >= 15 is 0 Å². The molecule has 2 fully saturated rings. The Morgan fingerprint density at radius 3 is 2.30 bits per heavy atom. The number of fused-ring (bicyclic) bond motifs is 1. The Balaban J connectivity index is 1.89. The van der Waals surface area contributed by atoms with Crippen molar-refractivity contribution in [3.05, 3.63) is 71.3 Å². The summed E-state index contributed by atoms with van der Waals surface area (Å²) in [4.78, 5) is 37.5. The van der Waals surface area contributed by atoms with Crippen LogP contribution in [0.5, 0.6) is 0 Å². The van der Waals surface area contributed by atoms with Gasteiger partial charge in [0.2, 0.25) is 11.8 Å². The van der Waals surface area contributed by atoms with Gasteiger partial charge in [-0.05, 0) is 23.3 Å². The summed E-state index contributed by atoms with van der Waals surface area (Å²) in [6, 6.07) is 16.3. The lowest BCUT2D eigenvalue weighted by molar-refractivity contribution is -0.149. The molecule has 0 saturated carbocycles. The molecular formula is C20H15N3O4. The first-order chi connectivity index (χ1) is 13.0. The molecule has 2 aromatic rings. The molecular weight excluding hydrogens is 346 g/mol. The summed E-state index contributed by atoms with van der Waals surface area (Å²) in [7, 11) is 0. The van der Waals surface area contributed by atoms with Gasteiger partial charge in [0, 0.05) is 6.04 Å². The average Bonchev–Trinajstić information content (AvgIpc) is 3.20. The molecule has 7 heteroatoms. The van der Waals surface area contributed by atoms with E-state index in [1.54, 1.807) is 54.6 Å². The number of hydrogen-bond acceptors (Lipinski definition) is 5. The van der Waals surface area contributed by atoms with Crippen LogP contribution in [0.25, 0.3) is 0 Å². The number of carboxylic acids is 1. The molecule has 2 aromatic carbocycles. The Kier molecular flexibility index (Phi) is 3.79. The summed E-state index contributed by atoms with van der Waals surface area (Å²) >= 11 is 0. The Morgan fingerprint density at radius 1 is 1.04 bits per heavy atom. The molecule has 2 saturated heterocycles. The number of nitriles is 1. The molecule has 134 valence electrons. The van der Waals surface area contributed by atoms with Gasteiger partial charge in [0.05, 0.1) is 23.5 Å². The van der Waals surface area contributed by atoms with Crippen LogP contribution in [0.15, 0.2) is 54.6 Å². The van der Waals surface area contributed by atoms with Crippen molar-refractivity contribution in [3.63, 3.8) is 0 Å². The van der Waals surface area contributed by atoms with Crippen LogP contribution in [0.4, 0.5) is 0 Å². The standard InChI is InChI=1S/C20H15N3O4/c21-10-11-6-8-12(9-7-11)16-14-15(18(25)22-17(14)24)20(23-16,19(26)27)13-4-2-1-3-5-13/h1-9,14-16,23H,(H,26,27)(H,22,24,25). The van der Waals surface area contributed by atoms with Crippen LogP contribution in [0, 0.1) is 23.2 Å². The van der Waals surface area contributed by atoms with E-state index in [2.05, 4.69) is 10.6 Å². The SMILES string of the molecule is N#Cc1ccc(C2NC(C(=O)O)(c3ccccc3)C3C(=O)NC(=O)C23)cc1. The van der Waals surface area contributed by atoms with E-state index in [-0.39, 0.29) is 0 Å². The van der Waals surface area contributed by atoms with Crippen molar-refractivity contribution in [2.24, 2.45) is 11.8 Å². The zero-order chi connectivity index (χ0) is 19.2. The number of nitrogens with one attached hydrogen (secondary N) is 2. The van der Waals surface area contributed by atoms with Gasteiger partial charge < -0.3 is 5.11 Å². The molecule has 0 radical (unpaired) electrons. The van der Waals surface area contributed by atoms with E-state index < -0.39 is 41.2 Å². The lowest BCUT2D eigenvalue weighted by atomic mass is 9.75. The highest BCUT2D eigenvalue weighted by Crippen LogP contribution is 2.50. The number of hydrogen-bond donors (Lipinski definition) is 3. The summed E-state index contributed by atoms with van der Waals surface area (Å²) in [5, 5.41) is 24.5. The summed E-state index contributed by atoms with van der Waals surface area (Å²) in [6.45, 7) is 0. The molecule has 27 heavy (non-hydrogen) atoms. The molecule has 2 aliphatic heterocycles. The topological polar surface area (TPSA) is 119 Å². The van der Waals surface area contributed by atoms with Gasteiger partial charge in [-0.3, -0.25) is 20.2 Å². The molecule has 0 bridgehead atoms. The predicted molar refractivity (Wildman–Crippen MR) is 92.9 cm³/mol. The monoisotopic (exact) mass is 361 g/mol. The van der Waals surface area contributed by atoms with Gasteiger partial charge in [0.15, 0.2) is 5.54 Å². The van der Waals surface area contributed by atoms with E-state index in [0.29, 0.717) is 16.7 Å². The van der Waals surface area contributed by atoms with Crippen molar-refractivity contribution >= 4 is 17.8 Å². The van der Waals surface area contributed by atoms with Crippen LogP contribution in [-0.4, -0.2) is 22.9 Å². The Hall–Kier alpha value is -3.50. The molecule has 4 unspecified atom stereocenters. The lowest BCUT2D eigenvalue weighted by Crippen LogP contribution is -2.52. The minimum Gasteiger partial charge on any atom is -0.480 e. The third-order valence-corrected chi connectivity index (χ3v) is 5.36. The number of nitrogens with zero attached hydrogens (tertiary/aromatic N) is 1. The number of aliphatic carboxylic acids is 1. The van der Waals surface area contributed by atoms with Crippen LogP contribution < -0.4 is 10.6 Å².